The van der Waals surface area contributed by atoms with Crippen molar-refractivity contribution in [1.82, 2.24) is 0 Å². The molecule has 100 valence electrons. The molecule has 0 radical (unpaired) electrons. The molecule has 2 aromatic carbocycles. The smallest absolute Gasteiger partial charge is 0.0828 e. The van der Waals surface area contributed by atoms with Gasteiger partial charge in [0.25, 0.3) is 0 Å². The Hall–Kier alpha value is -2.20. The molecule has 2 rings (SSSR count). The van der Waals surface area contributed by atoms with Crippen LogP contribution in [-0.4, -0.2) is 11.7 Å². The van der Waals surface area contributed by atoms with Crippen LogP contribution in [0.25, 0.3) is 0 Å². The van der Waals surface area contributed by atoms with Gasteiger partial charge in [0.1, 0.15) is 0 Å². The maximum atomic E-state index is 9.71. The Bertz CT molecular complexity index is 557. The van der Waals surface area contributed by atoms with Crippen molar-refractivity contribution in [2.24, 2.45) is 0 Å². The highest BCUT2D eigenvalue weighted by atomic mass is 16.3. The first-order valence-corrected chi connectivity index (χ1v) is 6.15. The Kier molecular flexibility index (Phi) is 3.62. The van der Waals surface area contributed by atoms with Crippen molar-refractivity contribution in [2.75, 3.05) is 23.4 Å². The fraction of sp³-hybridized carbons (Fsp3) is 0.200. The lowest BCUT2D eigenvalue weighted by atomic mass is 9.92. The van der Waals surface area contributed by atoms with Gasteiger partial charge in [-0.2, -0.15) is 0 Å². The molecule has 0 aliphatic carbocycles. The summed E-state index contributed by atoms with van der Waals surface area (Å²) in [6, 6.07) is 15.2. The van der Waals surface area contributed by atoms with Crippen LogP contribution in [-0.2, 0) is 5.54 Å². The first-order valence-electron chi connectivity index (χ1n) is 6.15. The highest BCUT2D eigenvalue weighted by Crippen LogP contribution is 2.28. The van der Waals surface area contributed by atoms with E-state index in [-0.39, 0.29) is 6.61 Å². The van der Waals surface area contributed by atoms with Gasteiger partial charge in [0.15, 0.2) is 0 Å². The first-order chi connectivity index (χ1) is 9.05. The molecule has 0 heterocycles. The van der Waals surface area contributed by atoms with E-state index in [1.165, 1.54) is 0 Å². The lowest BCUT2D eigenvalue weighted by molar-refractivity contribution is 0.224. The molecule has 0 aliphatic heterocycles. The second kappa shape index (κ2) is 5.20. The third kappa shape index (κ3) is 2.80. The van der Waals surface area contributed by atoms with Crippen LogP contribution in [0, 0.1) is 0 Å². The molecule has 0 amide bonds. The summed E-state index contributed by atoms with van der Waals surface area (Å²) in [6.07, 6.45) is 0. The van der Waals surface area contributed by atoms with Crippen LogP contribution in [0.2, 0.25) is 0 Å². The largest absolute Gasteiger partial charge is 0.397 e. The molecular weight excluding hydrogens is 238 g/mol. The van der Waals surface area contributed by atoms with Gasteiger partial charge in [-0.15, -0.1) is 0 Å². The van der Waals surface area contributed by atoms with Gasteiger partial charge in [-0.25, -0.2) is 0 Å². The second-order valence-corrected chi connectivity index (χ2v) is 4.82. The predicted molar refractivity (Wildman–Crippen MR) is 79.8 cm³/mol. The maximum absolute atomic E-state index is 9.71. The topological polar surface area (TPSA) is 84.3 Å². The van der Waals surface area contributed by atoms with Crippen LogP contribution in [0.3, 0.4) is 0 Å². The van der Waals surface area contributed by atoms with Crippen molar-refractivity contribution in [3.8, 4) is 0 Å². The van der Waals surface area contributed by atoms with Crippen molar-refractivity contribution in [3.05, 3.63) is 54.1 Å². The number of benzene rings is 2. The zero-order chi connectivity index (χ0) is 13.9. The standard InChI is InChI=1S/C15H19N3O/c1-15(10-19,11-5-3-2-4-6-11)18-12-7-8-13(16)14(17)9-12/h2-9,18-19H,10,16-17H2,1H3. The highest BCUT2D eigenvalue weighted by Gasteiger charge is 2.25. The van der Waals surface area contributed by atoms with E-state index in [9.17, 15) is 5.11 Å². The third-order valence-electron chi connectivity index (χ3n) is 3.23. The molecule has 1 unspecified atom stereocenters. The molecule has 4 nitrogen and oxygen atoms in total. The fourth-order valence-electron chi connectivity index (χ4n) is 1.98. The zero-order valence-corrected chi connectivity index (χ0v) is 10.9. The fourth-order valence-corrected chi connectivity index (χ4v) is 1.98. The molecule has 1 atom stereocenters. The normalized spacial score (nSPS) is 13.8. The molecule has 0 aromatic heterocycles. The zero-order valence-electron chi connectivity index (χ0n) is 10.9. The molecule has 6 N–H and O–H groups in total. The summed E-state index contributed by atoms with van der Waals surface area (Å²) in [7, 11) is 0. The van der Waals surface area contributed by atoms with Gasteiger partial charge in [0.05, 0.1) is 23.5 Å². The molecule has 0 saturated carbocycles. The number of nitrogen functional groups attached to an aromatic ring is 2. The van der Waals surface area contributed by atoms with E-state index < -0.39 is 5.54 Å². The van der Waals surface area contributed by atoms with Crippen molar-refractivity contribution in [2.45, 2.75) is 12.5 Å². The summed E-state index contributed by atoms with van der Waals surface area (Å²) in [5.74, 6) is 0. The summed E-state index contributed by atoms with van der Waals surface area (Å²) < 4.78 is 0. The predicted octanol–water partition coefficient (Wildman–Crippen LogP) is 2.17. The number of aliphatic hydroxyl groups is 1. The van der Waals surface area contributed by atoms with Crippen LogP contribution in [0.5, 0.6) is 0 Å². The number of nitrogens with two attached hydrogens (primary N) is 2. The Morgan fingerprint density at radius 1 is 1.05 bits per heavy atom. The molecule has 0 spiro atoms. The van der Waals surface area contributed by atoms with Gasteiger partial charge in [0.2, 0.25) is 0 Å². The van der Waals surface area contributed by atoms with Gasteiger partial charge >= 0.3 is 0 Å². The quantitative estimate of drug-likeness (QED) is 0.632. The molecule has 0 aliphatic rings. The molecule has 19 heavy (non-hydrogen) atoms. The monoisotopic (exact) mass is 257 g/mol. The maximum Gasteiger partial charge on any atom is 0.0828 e. The third-order valence-corrected chi connectivity index (χ3v) is 3.23. The lowest BCUT2D eigenvalue weighted by Crippen LogP contribution is -2.35. The van der Waals surface area contributed by atoms with Crippen LogP contribution in [0.15, 0.2) is 48.5 Å². The van der Waals surface area contributed by atoms with E-state index in [4.69, 9.17) is 11.5 Å². The van der Waals surface area contributed by atoms with Gasteiger partial charge in [-0.3, -0.25) is 0 Å². The van der Waals surface area contributed by atoms with Crippen molar-refractivity contribution in [3.63, 3.8) is 0 Å². The van der Waals surface area contributed by atoms with E-state index in [1.54, 1.807) is 12.1 Å². The minimum Gasteiger partial charge on any atom is -0.397 e. The van der Waals surface area contributed by atoms with E-state index in [1.807, 2.05) is 43.3 Å². The summed E-state index contributed by atoms with van der Waals surface area (Å²) in [5.41, 5.74) is 13.8. The minimum absolute atomic E-state index is 0.0265. The van der Waals surface area contributed by atoms with E-state index in [2.05, 4.69) is 5.32 Å². The van der Waals surface area contributed by atoms with Gasteiger partial charge in [-0.05, 0) is 30.7 Å². The number of anilines is 3. The molecule has 0 bridgehead atoms. The van der Waals surface area contributed by atoms with Crippen LogP contribution >= 0.6 is 0 Å². The molecule has 0 saturated heterocycles. The van der Waals surface area contributed by atoms with Crippen LogP contribution in [0.4, 0.5) is 17.1 Å². The number of aliphatic hydroxyl groups excluding tert-OH is 1. The van der Waals surface area contributed by atoms with E-state index in [0.717, 1.165) is 11.3 Å². The number of hydrogen-bond acceptors (Lipinski definition) is 4. The molecular formula is C15H19N3O. The highest BCUT2D eigenvalue weighted by molar-refractivity contribution is 5.69. The van der Waals surface area contributed by atoms with Crippen molar-refractivity contribution in [1.29, 1.82) is 0 Å². The number of hydrogen-bond donors (Lipinski definition) is 4. The SMILES string of the molecule is CC(CO)(Nc1ccc(N)c(N)c1)c1ccccc1. The average molecular weight is 257 g/mol. The summed E-state index contributed by atoms with van der Waals surface area (Å²) in [6.45, 7) is 1.91. The summed E-state index contributed by atoms with van der Waals surface area (Å²) in [4.78, 5) is 0. The van der Waals surface area contributed by atoms with E-state index >= 15 is 0 Å². The lowest BCUT2D eigenvalue weighted by Gasteiger charge is -2.30. The minimum atomic E-state index is -0.566. The molecule has 4 heteroatoms. The Labute approximate surface area is 113 Å². The second-order valence-electron chi connectivity index (χ2n) is 4.82. The number of rotatable bonds is 4. The van der Waals surface area contributed by atoms with Gasteiger partial charge < -0.3 is 21.9 Å². The number of nitrogens with one attached hydrogen (secondary N) is 1. The Morgan fingerprint density at radius 3 is 2.32 bits per heavy atom. The van der Waals surface area contributed by atoms with Gasteiger partial charge in [-0.1, -0.05) is 30.3 Å². The molecule has 2 aromatic rings. The van der Waals surface area contributed by atoms with E-state index in [0.29, 0.717) is 11.4 Å². The Morgan fingerprint density at radius 2 is 1.74 bits per heavy atom. The Balaban J connectivity index is 2.30. The average Bonchev–Trinajstić information content (AvgIpc) is 2.44. The first kappa shape index (κ1) is 13.2. The van der Waals surface area contributed by atoms with Gasteiger partial charge in [0, 0.05) is 5.69 Å². The van der Waals surface area contributed by atoms with Crippen LogP contribution < -0.4 is 16.8 Å². The summed E-state index contributed by atoms with van der Waals surface area (Å²) in [5, 5.41) is 13.0. The summed E-state index contributed by atoms with van der Waals surface area (Å²) >= 11 is 0. The van der Waals surface area contributed by atoms with Crippen molar-refractivity contribution < 1.29 is 5.11 Å². The van der Waals surface area contributed by atoms with Crippen LogP contribution in [0.1, 0.15) is 12.5 Å². The van der Waals surface area contributed by atoms with Crippen molar-refractivity contribution >= 4 is 17.1 Å². The molecule has 0 fully saturated rings.